The molecule has 2 N–H and O–H groups in total. The van der Waals surface area contributed by atoms with Gasteiger partial charge in [0, 0.05) is 36.3 Å². The molecule has 4 rings (SSSR count). The smallest absolute Gasteiger partial charge is 0.265 e. The molecule has 1 aromatic carbocycles. The highest BCUT2D eigenvalue weighted by Crippen LogP contribution is 2.19. The fourth-order valence-corrected chi connectivity index (χ4v) is 4.22. The molecule has 2 aromatic heterocycles. The molecule has 0 radical (unpaired) electrons. The van der Waals surface area contributed by atoms with Crippen molar-refractivity contribution in [3.05, 3.63) is 63.3 Å². The SMILES string of the molecule is O=C(Nc1nc(CN2CCOCC2)cs1)c1ccc(NC(=O)c2cccs2)cc1. The van der Waals surface area contributed by atoms with Crippen LogP contribution in [0.15, 0.2) is 47.2 Å². The van der Waals surface area contributed by atoms with Crippen molar-refractivity contribution < 1.29 is 14.3 Å². The number of morpholine rings is 1. The summed E-state index contributed by atoms with van der Waals surface area (Å²) in [5.41, 5.74) is 2.09. The molecule has 0 saturated carbocycles. The van der Waals surface area contributed by atoms with E-state index in [1.165, 1.54) is 22.7 Å². The van der Waals surface area contributed by atoms with Crippen molar-refractivity contribution in [3.63, 3.8) is 0 Å². The summed E-state index contributed by atoms with van der Waals surface area (Å²) < 4.78 is 5.35. The van der Waals surface area contributed by atoms with Gasteiger partial charge < -0.3 is 10.1 Å². The van der Waals surface area contributed by atoms with E-state index in [2.05, 4.69) is 20.5 Å². The fraction of sp³-hybridized carbons (Fsp3) is 0.250. The van der Waals surface area contributed by atoms with Gasteiger partial charge in [-0.2, -0.15) is 0 Å². The van der Waals surface area contributed by atoms with E-state index in [9.17, 15) is 9.59 Å². The van der Waals surface area contributed by atoms with Crippen molar-refractivity contribution in [1.29, 1.82) is 0 Å². The van der Waals surface area contributed by atoms with E-state index in [4.69, 9.17) is 4.74 Å². The summed E-state index contributed by atoms with van der Waals surface area (Å²) in [4.78, 5) is 32.0. The molecule has 150 valence electrons. The predicted octanol–water partition coefficient (Wildman–Crippen LogP) is 3.54. The van der Waals surface area contributed by atoms with Gasteiger partial charge in [-0.1, -0.05) is 6.07 Å². The number of carbonyl (C=O) groups excluding carboxylic acids is 2. The van der Waals surface area contributed by atoms with Gasteiger partial charge in [0.2, 0.25) is 0 Å². The Bertz CT molecular complexity index is 964. The average molecular weight is 429 g/mol. The van der Waals surface area contributed by atoms with Gasteiger partial charge >= 0.3 is 0 Å². The van der Waals surface area contributed by atoms with Gasteiger partial charge in [-0.05, 0) is 35.7 Å². The minimum Gasteiger partial charge on any atom is -0.379 e. The van der Waals surface area contributed by atoms with Crippen LogP contribution in [0.1, 0.15) is 25.7 Å². The molecular formula is C20H20N4O3S2. The van der Waals surface area contributed by atoms with Crippen molar-refractivity contribution in [1.82, 2.24) is 9.88 Å². The molecule has 3 heterocycles. The van der Waals surface area contributed by atoms with Gasteiger partial charge in [0.1, 0.15) is 0 Å². The number of carbonyl (C=O) groups is 2. The minimum atomic E-state index is -0.228. The van der Waals surface area contributed by atoms with Gasteiger partial charge in [-0.3, -0.25) is 19.8 Å². The largest absolute Gasteiger partial charge is 0.379 e. The molecule has 7 nitrogen and oxygen atoms in total. The fourth-order valence-electron chi connectivity index (χ4n) is 2.90. The summed E-state index contributed by atoms with van der Waals surface area (Å²) in [7, 11) is 0. The third-order valence-corrected chi connectivity index (χ3v) is 6.09. The highest BCUT2D eigenvalue weighted by Gasteiger charge is 2.14. The lowest BCUT2D eigenvalue weighted by atomic mass is 10.2. The van der Waals surface area contributed by atoms with Crippen LogP contribution in [-0.2, 0) is 11.3 Å². The van der Waals surface area contributed by atoms with Gasteiger partial charge in [-0.15, -0.1) is 22.7 Å². The number of nitrogens with one attached hydrogen (secondary N) is 2. The van der Waals surface area contributed by atoms with E-state index in [-0.39, 0.29) is 11.8 Å². The van der Waals surface area contributed by atoms with Crippen molar-refractivity contribution in [2.45, 2.75) is 6.54 Å². The summed E-state index contributed by atoms with van der Waals surface area (Å²) in [5, 5.41) is 10.1. The van der Waals surface area contributed by atoms with Crippen LogP contribution in [0.5, 0.6) is 0 Å². The molecule has 9 heteroatoms. The van der Waals surface area contributed by atoms with Crippen LogP contribution in [-0.4, -0.2) is 48.0 Å². The first-order valence-corrected chi connectivity index (χ1v) is 10.9. The summed E-state index contributed by atoms with van der Waals surface area (Å²) in [6.45, 7) is 4.05. The molecule has 1 saturated heterocycles. The number of thiophene rings is 1. The molecule has 29 heavy (non-hydrogen) atoms. The molecule has 1 fully saturated rings. The number of hydrogen-bond acceptors (Lipinski definition) is 7. The monoisotopic (exact) mass is 428 g/mol. The van der Waals surface area contributed by atoms with E-state index < -0.39 is 0 Å². The van der Waals surface area contributed by atoms with E-state index >= 15 is 0 Å². The number of benzene rings is 1. The summed E-state index contributed by atoms with van der Waals surface area (Å²) >= 11 is 2.80. The Labute approximate surface area is 176 Å². The Morgan fingerprint density at radius 3 is 2.55 bits per heavy atom. The Morgan fingerprint density at radius 2 is 1.83 bits per heavy atom. The quantitative estimate of drug-likeness (QED) is 0.627. The van der Waals surface area contributed by atoms with Crippen molar-refractivity contribution in [2.75, 3.05) is 36.9 Å². The van der Waals surface area contributed by atoms with Gasteiger partial charge in [0.15, 0.2) is 5.13 Å². The summed E-state index contributed by atoms with van der Waals surface area (Å²) in [6.07, 6.45) is 0. The standard InChI is InChI=1S/C20H20N4O3S2/c25-18(23-20-22-16(13-29-20)12-24-7-9-27-10-8-24)14-3-5-15(6-4-14)21-19(26)17-2-1-11-28-17/h1-6,11,13H,7-10,12H2,(H,21,26)(H,22,23,25). The zero-order valence-electron chi connectivity index (χ0n) is 15.6. The maximum atomic E-state index is 12.5. The van der Waals surface area contributed by atoms with Crippen LogP contribution in [0.4, 0.5) is 10.8 Å². The first-order valence-electron chi connectivity index (χ1n) is 9.18. The maximum absolute atomic E-state index is 12.5. The second-order valence-electron chi connectivity index (χ2n) is 6.50. The number of anilines is 2. The molecule has 1 aliphatic heterocycles. The number of rotatable bonds is 6. The predicted molar refractivity (Wildman–Crippen MR) is 115 cm³/mol. The topological polar surface area (TPSA) is 83.6 Å². The number of nitrogens with zero attached hydrogens (tertiary/aromatic N) is 2. The second-order valence-corrected chi connectivity index (χ2v) is 8.30. The Morgan fingerprint density at radius 1 is 1.03 bits per heavy atom. The van der Waals surface area contributed by atoms with E-state index in [1.807, 2.05) is 16.8 Å². The van der Waals surface area contributed by atoms with Crippen molar-refractivity contribution >= 4 is 45.3 Å². The Kier molecular flexibility index (Phi) is 6.30. The van der Waals surface area contributed by atoms with Crippen LogP contribution in [0.25, 0.3) is 0 Å². The number of aromatic nitrogens is 1. The molecular weight excluding hydrogens is 408 g/mol. The van der Waals surface area contributed by atoms with Crippen LogP contribution in [0.3, 0.4) is 0 Å². The number of ether oxygens (including phenoxy) is 1. The van der Waals surface area contributed by atoms with Crippen LogP contribution in [0.2, 0.25) is 0 Å². The molecule has 3 aromatic rings. The average Bonchev–Trinajstić information content (AvgIpc) is 3.42. The molecule has 2 amide bonds. The Balaban J connectivity index is 1.32. The zero-order chi connectivity index (χ0) is 20.1. The van der Waals surface area contributed by atoms with Crippen LogP contribution < -0.4 is 10.6 Å². The van der Waals surface area contributed by atoms with E-state index in [0.717, 1.165) is 38.5 Å². The Hall–Kier alpha value is -2.59. The molecule has 0 aliphatic carbocycles. The number of hydrogen-bond donors (Lipinski definition) is 2. The first-order chi connectivity index (χ1) is 14.2. The van der Waals surface area contributed by atoms with Crippen molar-refractivity contribution in [3.8, 4) is 0 Å². The van der Waals surface area contributed by atoms with Crippen molar-refractivity contribution in [2.24, 2.45) is 0 Å². The van der Waals surface area contributed by atoms with Gasteiger partial charge in [0.25, 0.3) is 11.8 Å². The molecule has 0 spiro atoms. The third-order valence-electron chi connectivity index (χ3n) is 4.41. The number of thiazole rings is 1. The minimum absolute atomic E-state index is 0.159. The van der Waals surface area contributed by atoms with Gasteiger partial charge in [0.05, 0.1) is 23.8 Å². The molecule has 0 unspecified atom stereocenters. The second kappa shape index (κ2) is 9.27. The highest BCUT2D eigenvalue weighted by molar-refractivity contribution is 7.14. The molecule has 1 aliphatic rings. The van der Waals surface area contributed by atoms with Gasteiger partial charge in [-0.25, -0.2) is 4.98 Å². The summed E-state index contributed by atoms with van der Waals surface area (Å²) in [5.74, 6) is -0.388. The highest BCUT2D eigenvalue weighted by atomic mass is 32.1. The lowest BCUT2D eigenvalue weighted by molar-refractivity contribution is 0.0337. The first kappa shape index (κ1) is 19.7. The lowest BCUT2D eigenvalue weighted by Gasteiger charge is -2.25. The third kappa shape index (κ3) is 5.27. The molecule has 0 bridgehead atoms. The zero-order valence-corrected chi connectivity index (χ0v) is 17.2. The van der Waals surface area contributed by atoms with E-state index in [1.54, 1.807) is 30.3 Å². The maximum Gasteiger partial charge on any atom is 0.265 e. The lowest BCUT2D eigenvalue weighted by Crippen LogP contribution is -2.35. The molecule has 0 atom stereocenters. The summed E-state index contributed by atoms with van der Waals surface area (Å²) in [6, 6.07) is 10.4. The number of amides is 2. The van der Waals surface area contributed by atoms with Crippen LogP contribution in [0, 0.1) is 0 Å². The van der Waals surface area contributed by atoms with Crippen LogP contribution >= 0.6 is 22.7 Å². The normalized spacial score (nSPS) is 14.5. The van der Waals surface area contributed by atoms with E-state index in [0.29, 0.717) is 21.3 Å².